The van der Waals surface area contributed by atoms with E-state index in [1.54, 1.807) is 12.1 Å². The Balaban J connectivity index is 0.00000364. The molecule has 1 aliphatic rings. The molecule has 9 heteroatoms. The summed E-state index contributed by atoms with van der Waals surface area (Å²) in [6.45, 7) is 5.31. The fourth-order valence-electron chi connectivity index (χ4n) is 2.81. The van der Waals surface area contributed by atoms with Gasteiger partial charge in [0.05, 0.1) is 17.0 Å². The minimum atomic E-state index is -3.56. The van der Waals surface area contributed by atoms with Crippen molar-refractivity contribution in [1.29, 1.82) is 0 Å². The van der Waals surface area contributed by atoms with Gasteiger partial charge in [-0.1, -0.05) is 26.0 Å². The number of rotatable bonds is 9. The van der Waals surface area contributed by atoms with E-state index in [-0.39, 0.29) is 35.9 Å². The Hall–Kier alpha value is -1.19. The number of amides is 1. The van der Waals surface area contributed by atoms with Gasteiger partial charge >= 0.3 is 0 Å². The molecule has 4 N–H and O–H groups in total. The van der Waals surface area contributed by atoms with E-state index in [4.69, 9.17) is 10.5 Å². The number of nitrogens with one attached hydrogen (secondary N) is 2. The van der Waals surface area contributed by atoms with Crippen molar-refractivity contribution >= 4 is 28.3 Å². The van der Waals surface area contributed by atoms with Crippen LogP contribution in [0.4, 0.5) is 0 Å². The SMILES string of the molecule is CC(C)C[C@H](N)C(=O)NCc1ccc(S(=O)(=O)NCC2CCCO2)cc1.Cl. The van der Waals surface area contributed by atoms with Gasteiger partial charge in [0.25, 0.3) is 0 Å². The van der Waals surface area contributed by atoms with Crippen LogP contribution in [0.2, 0.25) is 0 Å². The van der Waals surface area contributed by atoms with Gasteiger partial charge in [-0.25, -0.2) is 13.1 Å². The summed E-state index contributed by atoms with van der Waals surface area (Å²) in [6.07, 6.45) is 2.42. The molecule has 27 heavy (non-hydrogen) atoms. The Morgan fingerprint density at radius 1 is 1.30 bits per heavy atom. The maximum atomic E-state index is 12.3. The van der Waals surface area contributed by atoms with Gasteiger partial charge in [-0.05, 0) is 42.9 Å². The van der Waals surface area contributed by atoms with Crippen LogP contribution in [0.15, 0.2) is 29.2 Å². The van der Waals surface area contributed by atoms with Gasteiger partial charge in [-0.2, -0.15) is 0 Å². The lowest BCUT2D eigenvalue weighted by molar-refractivity contribution is -0.122. The molecular weight excluding hydrogens is 390 g/mol. The lowest BCUT2D eigenvalue weighted by Crippen LogP contribution is -2.41. The number of carbonyl (C=O) groups excluding carboxylic acids is 1. The molecule has 154 valence electrons. The first-order chi connectivity index (χ1) is 12.3. The molecule has 1 aromatic rings. The standard InChI is InChI=1S/C18H29N3O4S.ClH/c1-13(2)10-17(19)18(22)20-11-14-5-7-16(8-6-14)26(23,24)21-12-15-4-3-9-25-15;/h5-8,13,15,17,21H,3-4,9-12,19H2,1-2H3,(H,20,22);1H/t15?,17-;/m0./s1. The van der Waals surface area contributed by atoms with Crippen LogP contribution in [-0.4, -0.2) is 39.6 Å². The highest BCUT2D eigenvalue weighted by atomic mass is 35.5. The molecule has 0 bridgehead atoms. The van der Waals surface area contributed by atoms with Gasteiger partial charge in [0.15, 0.2) is 0 Å². The molecule has 1 heterocycles. The molecule has 0 saturated carbocycles. The first-order valence-electron chi connectivity index (χ1n) is 9.01. The Labute approximate surface area is 167 Å². The van der Waals surface area contributed by atoms with E-state index in [9.17, 15) is 13.2 Å². The van der Waals surface area contributed by atoms with Crippen LogP contribution in [0.1, 0.15) is 38.7 Å². The number of benzene rings is 1. The van der Waals surface area contributed by atoms with Crippen LogP contribution in [0, 0.1) is 5.92 Å². The summed E-state index contributed by atoms with van der Waals surface area (Å²) >= 11 is 0. The molecule has 0 spiro atoms. The first kappa shape index (κ1) is 23.8. The first-order valence-corrected chi connectivity index (χ1v) is 10.5. The van der Waals surface area contributed by atoms with E-state index in [1.165, 1.54) is 12.1 Å². The summed E-state index contributed by atoms with van der Waals surface area (Å²) in [7, 11) is -3.56. The second-order valence-corrected chi connectivity index (χ2v) is 8.85. The normalized spacial score (nSPS) is 18.1. The van der Waals surface area contributed by atoms with E-state index in [1.807, 2.05) is 13.8 Å². The fourth-order valence-corrected chi connectivity index (χ4v) is 3.88. The number of nitrogens with two attached hydrogens (primary N) is 1. The highest BCUT2D eigenvalue weighted by Gasteiger charge is 2.20. The van der Waals surface area contributed by atoms with E-state index < -0.39 is 16.1 Å². The van der Waals surface area contributed by atoms with Gasteiger partial charge in [0.1, 0.15) is 0 Å². The molecule has 1 amide bonds. The molecule has 2 rings (SSSR count). The molecule has 1 aromatic carbocycles. The van der Waals surface area contributed by atoms with Crippen LogP contribution >= 0.6 is 12.4 Å². The number of ether oxygens (including phenoxy) is 1. The van der Waals surface area contributed by atoms with Crippen molar-refractivity contribution in [3.05, 3.63) is 29.8 Å². The quantitative estimate of drug-likeness (QED) is 0.562. The van der Waals surface area contributed by atoms with Crippen molar-refractivity contribution < 1.29 is 17.9 Å². The number of hydrogen-bond acceptors (Lipinski definition) is 5. The van der Waals surface area contributed by atoms with E-state index in [2.05, 4.69) is 10.0 Å². The summed E-state index contributed by atoms with van der Waals surface area (Å²) in [5, 5.41) is 2.78. The Morgan fingerprint density at radius 2 is 1.96 bits per heavy atom. The Morgan fingerprint density at radius 3 is 2.52 bits per heavy atom. The highest BCUT2D eigenvalue weighted by Crippen LogP contribution is 2.14. The lowest BCUT2D eigenvalue weighted by Gasteiger charge is -2.14. The highest BCUT2D eigenvalue weighted by molar-refractivity contribution is 7.89. The van der Waals surface area contributed by atoms with Crippen LogP contribution in [-0.2, 0) is 26.1 Å². The summed E-state index contributed by atoms with van der Waals surface area (Å²) < 4.78 is 32.6. The average Bonchev–Trinajstić information content (AvgIpc) is 3.11. The molecule has 0 radical (unpaired) electrons. The van der Waals surface area contributed by atoms with Crippen LogP contribution in [0.3, 0.4) is 0 Å². The van der Waals surface area contributed by atoms with Gasteiger partial charge in [-0.3, -0.25) is 4.79 Å². The molecule has 1 aliphatic heterocycles. The second kappa shape index (κ2) is 11.0. The zero-order valence-corrected chi connectivity index (χ0v) is 17.4. The van der Waals surface area contributed by atoms with Crippen molar-refractivity contribution in [2.24, 2.45) is 11.7 Å². The molecule has 0 aliphatic carbocycles. The third-order valence-electron chi connectivity index (χ3n) is 4.29. The summed E-state index contributed by atoms with van der Waals surface area (Å²) in [5.74, 6) is 0.149. The predicted octanol–water partition coefficient (Wildman–Crippen LogP) is 1.56. The lowest BCUT2D eigenvalue weighted by atomic mass is 10.0. The third-order valence-corrected chi connectivity index (χ3v) is 5.73. The summed E-state index contributed by atoms with van der Waals surface area (Å²) in [5.41, 5.74) is 6.65. The fraction of sp³-hybridized carbons (Fsp3) is 0.611. The van der Waals surface area contributed by atoms with Gasteiger partial charge in [0.2, 0.25) is 15.9 Å². The number of halogens is 1. The van der Waals surface area contributed by atoms with Gasteiger partial charge in [-0.15, -0.1) is 12.4 Å². The molecule has 2 atom stereocenters. The Kier molecular flexibility index (Phi) is 9.69. The van der Waals surface area contributed by atoms with Gasteiger partial charge in [0, 0.05) is 19.7 Å². The van der Waals surface area contributed by atoms with Crippen molar-refractivity contribution in [1.82, 2.24) is 10.0 Å². The summed E-state index contributed by atoms with van der Waals surface area (Å²) in [6, 6.07) is 5.92. The topological polar surface area (TPSA) is 111 Å². The Bertz CT molecular complexity index is 689. The van der Waals surface area contributed by atoms with Crippen molar-refractivity contribution in [3.63, 3.8) is 0 Å². The van der Waals surface area contributed by atoms with Gasteiger partial charge < -0.3 is 15.8 Å². The number of carbonyl (C=O) groups is 1. The van der Waals surface area contributed by atoms with Crippen LogP contribution in [0.25, 0.3) is 0 Å². The maximum Gasteiger partial charge on any atom is 0.240 e. The molecule has 1 fully saturated rings. The van der Waals surface area contributed by atoms with E-state index >= 15 is 0 Å². The predicted molar refractivity (Wildman–Crippen MR) is 107 cm³/mol. The number of sulfonamides is 1. The third kappa shape index (κ3) is 7.75. The molecule has 1 unspecified atom stereocenters. The molecule has 7 nitrogen and oxygen atoms in total. The van der Waals surface area contributed by atoms with Crippen molar-refractivity contribution in [2.75, 3.05) is 13.2 Å². The zero-order chi connectivity index (χ0) is 19.2. The van der Waals surface area contributed by atoms with Crippen molar-refractivity contribution in [3.8, 4) is 0 Å². The largest absolute Gasteiger partial charge is 0.377 e. The van der Waals surface area contributed by atoms with Crippen LogP contribution in [0.5, 0.6) is 0 Å². The minimum Gasteiger partial charge on any atom is -0.377 e. The van der Waals surface area contributed by atoms with E-state index in [0.29, 0.717) is 25.5 Å². The molecule has 1 saturated heterocycles. The number of hydrogen-bond donors (Lipinski definition) is 3. The van der Waals surface area contributed by atoms with Crippen molar-refractivity contribution in [2.45, 2.75) is 56.7 Å². The summed E-state index contributed by atoms with van der Waals surface area (Å²) in [4.78, 5) is 12.1. The molecular formula is C18H30ClN3O4S. The molecule has 0 aromatic heterocycles. The monoisotopic (exact) mass is 419 g/mol. The average molecular weight is 420 g/mol. The van der Waals surface area contributed by atoms with E-state index in [0.717, 1.165) is 18.4 Å². The minimum absolute atomic E-state index is 0. The zero-order valence-electron chi connectivity index (χ0n) is 15.8. The second-order valence-electron chi connectivity index (χ2n) is 7.08. The smallest absolute Gasteiger partial charge is 0.240 e. The van der Waals surface area contributed by atoms with Crippen LogP contribution < -0.4 is 15.8 Å². The maximum absolute atomic E-state index is 12.3.